The van der Waals surface area contributed by atoms with E-state index in [-0.39, 0.29) is 28.5 Å². The minimum atomic E-state index is -3.59. The number of benzene rings is 1. The molecule has 0 aliphatic carbocycles. The van der Waals surface area contributed by atoms with E-state index in [4.69, 9.17) is 0 Å². The average Bonchev–Trinajstić information content (AvgIpc) is 2.68. The van der Waals surface area contributed by atoms with Crippen molar-refractivity contribution in [2.45, 2.75) is 56.9 Å². The fourth-order valence-corrected chi connectivity index (χ4v) is 5.48. The quantitative estimate of drug-likeness (QED) is 0.739. The highest BCUT2D eigenvalue weighted by Crippen LogP contribution is 2.27. The van der Waals surface area contributed by atoms with Crippen LogP contribution in [0.1, 0.15) is 56.3 Å². The molecule has 148 valence electrons. The van der Waals surface area contributed by atoms with Gasteiger partial charge in [0.2, 0.25) is 15.9 Å². The summed E-state index contributed by atoms with van der Waals surface area (Å²) in [6, 6.07) is 6.34. The summed E-state index contributed by atoms with van der Waals surface area (Å²) in [5.41, 5.74) is 0.494. The number of sulfonamides is 1. The average molecular weight is 393 g/mol. The highest BCUT2D eigenvalue weighted by atomic mass is 32.2. The molecule has 2 fully saturated rings. The maximum absolute atomic E-state index is 12.8. The third-order valence-electron chi connectivity index (χ3n) is 5.79. The topological polar surface area (TPSA) is 74.8 Å². The van der Waals surface area contributed by atoms with E-state index in [9.17, 15) is 18.0 Å². The van der Waals surface area contributed by atoms with Gasteiger partial charge in [-0.25, -0.2) is 8.42 Å². The minimum Gasteiger partial charge on any atom is -0.340 e. The normalized spacial score (nSPS) is 22.6. The molecular weight excluding hydrogens is 364 g/mol. The van der Waals surface area contributed by atoms with Crippen LogP contribution in [0.5, 0.6) is 0 Å². The number of hydrogen-bond donors (Lipinski definition) is 0. The second-order valence-electron chi connectivity index (χ2n) is 7.64. The van der Waals surface area contributed by atoms with Gasteiger partial charge in [-0.1, -0.05) is 12.1 Å². The Hall–Kier alpha value is -1.73. The van der Waals surface area contributed by atoms with Gasteiger partial charge in [-0.3, -0.25) is 9.59 Å². The number of carbonyl (C=O) groups is 2. The van der Waals surface area contributed by atoms with Crippen LogP contribution in [0.25, 0.3) is 0 Å². The van der Waals surface area contributed by atoms with Gasteiger partial charge in [0, 0.05) is 37.2 Å². The van der Waals surface area contributed by atoms with Crippen molar-refractivity contribution in [3.63, 3.8) is 0 Å². The van der Waals surface area contributed by atoms with Crippen molar-refractivity contribution < 1.29 is 18.0 Å². The molecule has 2 aliphatic rings. The standard InChI is InChI=1S/C20H28N2O4S/c1-15-5-3-4-12-22(15)20(24)18-10-13-21(14-11-18)27(25,26)19-8-6-17(7-9-19)16(2)23/h6-9,15,18H,3-5,10-14H2,1-2H3. The Balaban J connectivity index is 1.64. The molecule has 0 bridgehead atoms. The van der Waals surface area contributed by atoms with Crippen LogP contribution in [0.15, 0.2) is 29.2 Å². The first-order valence-corrected chi connectivity index (χ1v) is 11.2. The van der Waals surface area contributed by atoms with Crippen molar-refractivity contribution in [3.8, 4) is 0 Å². The van der Waals surface area contributed by atoms with Gasteiger partial charge in [-0.2, -0.15) is 4.31 Å². The fourth-order valence-electron chi connectivity index (χ4n) is 4.01. The van der Waals surface area contributed by atoms with Crippen LogP contribution < -0.4 is 0 Å². The Morgan fingerprint density at radius 2 is 1.59 bits per heavy atom. The predicted molar refractivity (Wildman–Crippen MR) is 103 cm³/mol. The lowest BCUT2D eigenvalue weighted by molar-refractivity contribution is -0.140. The number of Topliss-reactive ketones (excluding diaryl/α,β-unsaturated/α-hetero) is 1. The first kappa shape index (κ1) is 20.0. The van der Waals surface area contributed by atoms with Crippen LogP contribution in [0.4, 0.5) is 0 Å². The molecule has 0 saturated carbocycles. The van der Waals surface area contributed by atoms with Crippen LogP contribution in [0, 0.1) is 5.92 Å². The smallest absolute Gasteiger partial charge is 0.243 e. The molecule has 2 saturated heterocycles. The third-order valence-corrected chi connectivity index (χ3v) is 7.70. The summed E-state index contributed by atoms with van der Waals surface area (Å²) in [5, 5.41) is 0. The summed E-state index contributed by atoms with van der Waals surface area (Å²) in [4.78, 5) is 26.4. The molecule has 0 spiro atoms. The van der Waals surface area contributed by atoms with E-state index in [0.717, 1.165) is 19.4 Å². The fraction of sp³-hybridized carbons (Fsp3) is 0.600. The molecule has 1 atom stereocenters. The highest BCUT2D eigenvalue weighted by Gasteiger charge is 2.35. The lowest BCUT2D eigenvalue weighted by Gasteiger charge is -2.38. The summed E-state index contributed by atoms with van der Waals surface area (Å²) >= 11 is 0. The van der Waals surface area contributed by atoms with Crippen LogP contribution in [0.3, 0.4) is 0 Å². The van der Waals surface area contributed by atoms with Gasteiger partial charge in [0.05, 0.1) is 4.90 Å². The molecule has 1 aromatic carbocycles. The minimum absolute atomic E-state index is 0.0860. The van der Waals surface area contributed by atoms with E-state index in [1.54, 1.807) is 12.1 Å². The molecule has 6 nitrogen and oxygen atoms in total. The zero-order valence-corrected chi connectivity index (χ0v) is 16.9. The van der Waals surface area contributed by atoms with Gasteiger partial charge < -0.3 is 4.90 Å². The molecule has 0 aromatic heterocycles. The molecule has 2 aliphatic heterocycles. The maximum atomic E-state index is 12.8. The predicted octanol–water partition coefficient (Wildman–Crippen LogP) is 2.69. The summed E-state index contributed by atoms with van der Waals surface area (Å²) < 4.78 is 27.1. The Kier molecular flexibility index (Phi) is 6.01. The zero-order valence-electron chi connectivity index (χ0n) is 16.1. The van der Waals surface area contributed by atoms with Crippen molar-refractivity contribution in [1.82, 2.24) is 9.21 Å². The van der Waals surface area contributed by atoms with Gasteiger partial charge in [0.15, 0.2) is 5.78 Å². The van der Waals surface area contributed by atoms with E-state index in [1.165, 1.54) is 29.8 Å². The number of likely N-dealkylation sites (tertiary alicyclic amines) is 1. The maximum Gasteiger partial charge on any atom is 0.243 e. The molecule has 0 radical (unpaired) electrons. The lowest BCUT2D eigenvalue weighted by Crippen LogP contribution is -2.48. The van der Waals surface area contributed by atoms with Crippen LogP contribution in [0.2, 0.25) is 0 Å². The van der Waals surface area contributed by atoms with E-state index in [0.29, 0.717) is 31.5 Å². The molecular formula is C20H28N2O4S. The lowest BCUT2D eigenvalue weighted by atomic mass is 9.94. The van der Waals surface area contributed by atoms with Gasteiger partial charge in [-0.05, 0) is 58.1 Å². The van der Waals surface area contributed by atoms with E-state index >= 15 is 0 Å². The molecule has 27 heavy (non-hydrogen) atoms. The Labute approximate surface area is 161 Å². The van der Waals surface area contributed by atoms with Crippen LogP contribution in [-0.4, -0.2) is 55.0 Å². The van der Waals surface area contributed by atoms with E-state index in [1.807, 2.05) is 4.90 Å². The Bertz CT molecular complexity index is 796. The molecule has 1 amide bonds. The number of carbonyl (C=O) groups excluding carboxylic acids is 2. The summed E-state index contributed by atoms with van der Waals surface area (Å²) in [7, 11) is -3.59. The highest BCUT2D eigenvalue weighted by molar-refractivity contribution is 7.89. The monoisotopic (exact) mass is 392 g/mol. The van der Waals surface area contributed by atoms with Crippen molar-refractivity contribution in [3.05, 3.63) is 29.8 Å². The molecule has 0 N–H and O–H groups in total. The van der Waals surface area contributed by atoms with Gasteiger partial charge in [0.25, 0.3) is 0 Å². The van der Waals surface area contributed by atoms with Crippen molar-refractivity contribution >= 4 is 21.7 Å². The molecule has 3 rings (SSSR count). The SMILES string of the molecule is CC(=O)c1ccc(S(=O)(=O)N2CCC(C(=O)N3CCCCC3C)CC2)cc1. The van der Waals surface area contributed by atoms with E-state index < -0.39 is 10.0 Å². The number of nitrogens with zero attached hydrogens (tertiary/aromatic N) is 2. The third kappa shape index (κ3) is 4.24. The van der Waals surface area contributed by atoms with E-state index in [2.05, 4.69) is 6.92 Å². The molecule has 2 heterocycles. The second kappa shape index (κ2) is 8.10. The molecule has 1 unspecified atom stereocenters. The summed E-state index contributed by atoms with van der Waals surface area (Å²) in [6.45, 7) is 5.09. The number of piperidine rings is 2. The first-order valence-electron chi connectivity index (χ1n) is 9.72. The van der Waals surface area contributed by atoms with Gasteiger partial charge >= 0.3 is 0 Å². The van der Waals surface area contributed by atoms with Crippen LogP contribution in [-0.2, 0) is 14.8 Å². The van der Waals surface area contributed by atoms with Crippen molar-refractivity contribution in [1.29, 1.82) is 0 Å². The summed E-state index contributed by atoms with van der Waals surface area (Å²) in [6.07, 6.45) is 4.40. The number of rotatable bonds is 4. The molecule has 1 aromatic rings. The first-order chi connectivity index (χ1) is 12.8. The Morgan fingerprint density at radius 1 is 0.963 bits per heavy atom. The Morgan fingerprint density at radius 3 is 2.15 bits per heavy atom. The van der Waals surface area contributed by atoms with Crippen molar-refractivity contribution in [2.24, 2.45) is 5.92 Å². The van der Waals surface area contributed by atoms with Crippen molar-refractivity contribution in [2.75, 3.05) is 19.6 Å². The molecule has 7 heteroatoms. The summed E-state index contributed by atoms with van der Waals surface area (Å²) in [5.74, 6) is 0.00682. The second-order valence-corrected chi connectivity index (χ2v) is 9.57. The van der Waals surface area contributed by atoms with Gasteiger partial charge in [-0.15, -0.1) is 0 Å². The van der Waals surface area contributed by atoms with Crippen LogP contribution >= 0.6 is 0 Å². The van der Waals surface area contributed by atoms with Gasteiger partial charge in [0.1, 0.15) is 0 Å². The number of hydrogen-bond acceptors (Lipinski definition) is 4. The number of ketones is 1. The zero-order chi connectivity index (χ0) is 19.6. The number of amides is 1. The largest absolute Gasteiger partial charge is 0.340 e.